The first-order valence-corrected chi connectivity index (χ1v) is 3.89. The second-order valence-corrected chi connectivity index (χ2v) is 2.69. The van der Waals surface area contributed by atoms with Gasteiger partial charge in [0.2, 0.25) is 5.82 Å². The Hall–Kier alpha value is -1.53. The fourth-order valence-corrected chi connectivity index (χ4v) is 1.06. The van der Waals surface area contributed by atoms with Crippen LogP contribution in [0, 0.1) is 15.9 Å². The first-order valence-electron chi connectivity index (χ1n) is 3.89. The first-order chi connectivity index (χ1) is 6.57. The number of benzene rings is 1. The lowest BCUT2D eigenvalue weighted by atomic mass is 10.1. The zero-order chi connectivity index (χ0) is 10.7. The molecule has 0 aliphatic heterocycles. The van der Waals surface area contributed by atoms with Crippen LogP contribution in [0.1, 0.15) is 11.7 Å². The average Bonchev–Trinajstić information content (AvgIpc) is 2.16. The maximum atomic E-state index is 13.3. The molecule has 0 amide bonds. The second-order valence-electron chi connectivity index (χ2n) is 2.69. The quantitative estimate of drug-likeness (QED) is 0.555. The van der Waals surface area contributed by atoms with Crippen molar-refractivity contribution in [3.05, 3.63) is 39.7 Å². The van der Waals surface area contributed by atoms with Crippen molar-refractivity contribution < 1.29 is 14.4 Å². The van der Waals surface area contributed by atoms with Gasteiger partial charge < -0.3 is 10.8 Å². The van der Waals surface area contributed by atoms with Crippen molar-refractivity contribution in [3.63, 3.8) is 0 Å². The number of aliphatic hydroxyl groups excluding tert-OH is 1. The minimum atomic E-state index is -1.21. The Labute approximate surface area is 79.1 Å². The van der Waals surface area contributed by atoms with Crippen LogP contribution in [-0.2, 0) is 0 Å². The molecule has 0 fully saturated rings. The second kappa shape index (κ2) is 4.12. The van der Waals surface area contributed by atoms with Crippen LogP contribution in [-0.4, -0.2) is 16.6 Å². The van der Waals surface area contributed by atoms with Gasteiger partial charge in [-0.2, -0.15) is 4.39 Å². The summed E-state index contributed by atoms with van der Waals surface area (Å²) in [7, 11) is 0. The van der Waals surface area contributed by atoms with Gasteiger partial charge in [-0.25, -0.2) is 0 Å². The lowest BCUT2D eigenvalue weighted by molar-refractivity contribution is -0.387. The highest BCUT2D eigenvalue weighted by Gasteiger charge is 2.20. The molecule has 3 N–H and O–H groups in total. The van der Waals surface area contributed by atoms with Gasteiger partial charge in [-0.1, -0.05) is 12.1 Å². The van der Waals surface area contributed by atoms with Crippen LogP contribution in [0.3, 0.4) is 0 Å². The normalized spacial score (nSPS) is 12.5. The zero-order valence-electron chi connectivity index (χ0n) is 7.18. The third-order valence-corrected chi connectivity index (χ3v) is 1.79. The highest BCUT2D eigenvalue weighted by Crippen LogP contribution is 2.24. The molecule has 0 aromatic heterocycles. The monoisotopic (exact) mass is 200 g/mol. The molecule has 14 heavy (non-hydrogen) atoms. The Balaban J connectivity index is 3.20. The van der Waals surface area contributed by atoms with Crippen LogP contribution in [0.2, 0.25) is 0 Å². The summed E-state index contributed by atoms with van der Waals surface area (Å²) in [6.07, 6.45) is -1.21. The van der Waals surface area contributed by atoms with E-state index in [4.69, 9.17) is 5.73 Å². The van der Waals surface area contributed by atoms with Gasteiger partial charge in [0.25, 0.3) is 0 Å². The zero-order valence-corrected chi connectivity index (χ0v) is 7.18. The molecular weight excluding hydrogens is 191 g/mol. The minimum absolute atomic E-state index is 0.151. The number of nitro benzene ring substituents is 1. The van der Waals surface area contributed by atoms with Crippen molar-refractivity contribution in [3.8, 4) is 0 Å². The minimum Gasteiger partial charge on any atom is -0.387 e. The van der Waals surface area contributed by atoms with Gasteiger partial charge in [-0.3, -0.25) is 10.1 Å². The maximum Gasteiger partial charge on any atom is 0.305 e. The summed E-state index contributed by atoms with van der Waals surface area (Å²) in [5.41, 5.74) is 4.30. The van der Waals surface area contributed by atoms with Crippen molar-refractivity contribution in [2.45, 2.75) is 6.10 Å². The van der Waals surface area contributed by atoms with Gasteiger partial charge in [0.15, 0.2) is 0 Å². The fourth-order valence-electron chi connectivity index (χ4n) is 1.06. The SMILES string of the molecule is NCC(O)c1cccc([N+](=O)[O-])c1F. The van der Waals surface area contributed by atoms with Gasteiger partial charge in [0.05, 0.1) is 11.0 Å². The van der Waals surface area contributed by atoms with Crippen LogP contribution in [0.4, 0.5) is 10.1 Å². The molecule has 6 heteroatoms. The van der Waals surface area contributed by atoms with Crippen molar-refractivity contribution in [1.29, 1.82) is 0 Å². The Bertz CT molecular complexity index is 356. The standard InChI is InChI=1S/C8H9FN2O3/c9-8-5(7(12)4-10)2-1-3-6(8)11(13)14/h1-3,7,12H,4,10H2. The van der Waals surface area contributed by atoms with Crippen molar-refractivity contribution >= 4 is 5.69 Å². The van der Waals surface area contributed by atoms with Crippen LogP contribution in [0.25, 0.3) is 0 Å². The van der Waals surface area contributed by atoms with E-state index in [9.17, 15) is 19.6 Å². The van der Waals surface area contributed by atoms with E-state index in [2.05, 4.69) is 0 Å². The molecule has 0 saturated heterocycles. The summed E-state index contributed by atoms with van der Waals surface area (Å²) in [5, 5.41) is 19.6. The van der Waals surface area contributed by atoms with Gasteiger partial charge in [-0.05, 0) is 0 Å². The average molecular weight is 200 g/mol. The number of nitrogens with two attached hydrogens (primary N) is 1. The molecule has 0 saturated carbocycles. The van der Waals surface area contributed by atoms with Crippen LogP contribution < -0.4 is 5.73 Å². The Kier molecular flexibility index (Phi) is 3.10. The summed E-state index contributed by atoms with van der Waals surface area (Å²) in [5.74, 6) is -1.03. The molecule has 1 unspecified atom stereocenters. The lowest BCUT2D eigenvalue weighted by Crippen LogP contribution is -2.13. The number of nitrogens with zero attached hydrogens (tertiary/aromatic N) is 1. The van der Waals surface area contributed by atoms with Gasteiger partial charge in [-0.15, -0.1) is 0 Å². The molecule has 76 valence electrons. The van der Waals surface area contributed by atoms with E-state index >= 15 is 0 Å². The molecule has 0 aliphatic rings. The molecule has 0 radical (unpaired) electrons. The summed E-state index contributed by atoms with van der Waals surface area (Å²) in [6.45, 7) is -0.182. The molecule has 1 atom stereocenters. The van der Waals surface area contributed by atoms with E-state index in [1.54, 1.807) is 0 Å². The molecular formula is C8H9FN2O3. The number of hydrogen-bond acceptors (Lipinski definition) is 4. The first kappa shape index (κ1) is 10.6. The summed E-state index contributed by atoms with van der Waals surface area (Å²) in [6, 6.07) is 3.59. The van der Waals surface area contributed by atoms with E-state index in [1.807, 2.05) is 0 Å². The van der Waals surface area contributed by atoms with E-state index in [1.165, 1.54) is 12.1 Å². The number of rotatable bonds is 3. The number of halogens is 1. The molecule has 5 nitrogen and oxygen atoms in total. The summed E-state index contributed by atoms with van der Waals surface area (Å²) < 4.78 is 13.3. The van der Waals surface area contributed by atoms with Gasteiger partial charge in [0.1, 0.15) is 0 Å². The molecule has 0 bridgehead atoms. The van der Waals surface area contributed by atoms with Gasteiger partial charge >= 0.3 is 5.69 Å². The van der Waals surface area contributed by atoms with Crippen LogP contribution in [0.15, 0.2) is 18.2 Å². The third-order valence-electron chi connectivity index (χ3n) is 1.79. The Morgan fingerprint density at radius 3 is 2.79 bits per heavy atom. The smallest absolute Gasteiger partial charge is 0.305 e. The molecule has 0 heterocycles. The number of aliphatic hydroxyl groups is 1. The van der Waals surface area contributed by atoms with Crippen LogP contribution >= 0.6 is 0 Å². The predicted molar refractivity (Wildman–Crippen MR) is 47.1 cm³/mol. The molecule has 1 rings (SSSR count). The van der Waals surface area contributed by atoms with Crippen molar-refractivity contribution in [2.75, 3.05) is 6.54 Å². The summed E-state index contributed by atoms with van der Waals surface area (Å²) in [4.78, 5) is 9.49. The third kappa shape index (κ3) is 1.86. The summed E-state index contributed by atoms with van der Waals surface area (Å²) >= 11 is 0. The van der Waals surface area contributed by atoms with Gasteiger partial charge in [0, 0.05) is 18.2 Å². The Morgan fingerprint density at radius 1 is 1.64 bits per heavy atom. The van der Waals surface area contributed by atoms with E-state index in [-0.39, 0.29) is 12.1 Å². The largest absolute Gasteiger partial charge is 0.387 e. The molecule has 0 spiro atoms. The van der Waals surface area contributed by atoms with E-state index in [0.717, 1.165) is 6.07 Å². The number of nitro groups is 1. The highest BCUT2D eigenvalue weighted by molar-refractivity contribution is 5.37. The number of hydrogen-bond donors (Lipinski definition) is 2. The van der Waals surface area contributed by atoms with E-state index < -0.39 is 22.5 Å². The maximum absolute atomic E-state index is 13.3. The highest BCUT2D eigenvalue weighted by atomic mass is 19.1. The topological polar surface area (TPSA) is 89.4 Å². The molecule has 1 aromatic rings. The molecule has 0 aliphatic carbocycles. The van der Waals surface area contributed by atoms with Crippen LogP contribution in [0.5, 0.6) is 0 Å². The fraction of sp³-hybridized carbons (Fsp3) is 0.250. The van der Waals surface area contributed by atoms with Crippen molar-refractivity contribution in [2.24, 2.45) is 5.73 Å². The lowest BCUT2D eigenvalue weighted by Gasteiger charge is -2.08. The molecule has 1 aromatic carbocycles. The predicted octanol–water partition coefficient (Wildman–Crippen LogP) is 0.726. The van der Waals surface area contributed by atoms with Crippen molar-refractivity contribution in [1.82, 2.24) is 0 Å². The Morgan fingerprint density at radius 2 is 2.29 bits per heavy atom. The van der Waals surface area contributed by atoms with E-state index in [0.29, 0.717) is 0 Å².